The first-order valence-corrected chi connectivity index (χ1v) is 4.28. The Hall–Kier alpha value is -0.741. The normalized spacial score (nSPS) is 8.83. The van der Waals surface area contributed by atoms with Crippen LogP contribution in [-0.2, 0) is 0 Å². The summed E-state index contributed by atoms with van der Waals surface area (Å²) >= 11 is 0. The zero-order valence-electron chi connectivity index (χ0n) is 9.01. The monoisotopic (exact) mass is 157 g/mol. The van der Waals surface area contributed by atoms with Gasteiger partial charge in [-0.25, -0.2) is 0 Å². The summed E-state index contributed by atoms with van der Waals surface area (Å²) in [5, 5.41) is 0. The average molecular weight is 157 g/mol. The van der Waals surface area contributed by atoms with Crippen LogP contribution in [0, 0.1) is 5.92 Å². The Morgan fingerprint density at radius 2 is 1.58 bits per heavy atom. The summed E-state index contributed by atoms with van der Waals surface area (Å²) in [7, 11) is 0. The molecule has 0 aliphatic heterocycles. The molecule has 1 aromatic rings. The quantitative estimate of drug-likeness (QED) is 0.467. The van der Waals surface area contributed by atoms with Crippen molar-refractivity contribution in [1.29, 1.82) is 0 Å². The van der Waals surface area contributed by atoms with Gasteiger partial charge >= 0.3 is 10.1 Å². The second kappa shape index (κ2) is 5.85. The van der Waals surface area contributed by atoms with E-state index in [-0.39, 0.29) is 11.5 Å². The number of hydrogen-bond donors (Lipinski definition) is 0. The molecule has 0 aromatic heterocycles. The molecule has 0 bridgehead atoms. The zero-order valence-corrected chi connectivity index (χ0v) is 8.01. The van der Waals surface area contributed by atoms with Crippen molar-refractivity contribution in [3.63, 3.8) is 0 Å². The summed E-state index contributed by atoms with van der Waals surface area (Å²) in [5.74, 6) is 1.55. The molecular formula is C11H16Be. The second-order valence-corrected chi connectivity index (χ2v) is 2.68. The van der Waals surface area contributed by atoms with Crippen LogP contribution in [0.15, 0.2) is 30.3 Å². The Bertz CT molecular complexity index is 195. The fraction of sp³-hybridized carbons (Fsp3) is 0.364. The van der Waals surface area contributed by atoms with Gasteiger partial charge in [-0.2, -0.15) is 23.6 Å². The third kappa shape index (κ3) is 2.71. The van der Waals surface area contributed by atoms with Gasteiger partial charge in [0, 0.05) is 0 Å². The van der Waals surface area contributed by atoms with Crippen LogP contribution in [0.5, 0.6) is 0 Å². The van der Waals surface area contributed by atoms with Crippen molar-refractivity contribution in [1.82, 2.24) is 0 Å². The topological polar surface area (TPSA) is 0 Å². The van der Waals surface area contributed by atoms with Crippen molar-refractivity contribution in [2.45, 2.75) is 26.7 Å². The Morgan fingerprint density at radius 3 is 2.00 bits per heavy atom. The summed E-state index contributed by atoms with van der Waals surface area (Å²) in [6.45, 7) is 4.43. The number of benzene rings is 1. The molecule has 0 aliphatic rings. The Balaban J connectivity index is 0. The Morgan fingerprint density at radius 1 is 1.08 bits per heavy atom. The zero-order chi connectivity index (χ0) is 8.10. The minimum Gasteiger partial charge on any atom is -1.00 e. The molecule has 0 aliphatic carbocycles. The molecule has 0 unspecified atom stereocenters. The van der Waals surface area contributed by atoms with Crippen molar-refractivity contribution in [3.8, 4) is 0 Å². The molecule has 0 heterocycles. The molecule has 0 nitrogen and oxygen atoms in total. The SMILES string of the molecule is CC[C-](CC)c1ccccc1.[Be+2].[H-]. The number of hydrogen-bond acceptors (Lipinski definition) is 0. The van der Waals surface area contributed by atoms with Crippen molar-refractivity contribution in [2.75, 3.05) is 0 Å². The van der Waals surface area contributed by atoms with E-state index in [0.717, 1.165) is 0 Å². The molecule has 0 atom stereocenters. The van der Waals surface area contributed by atoms with Gasteiger partial charge in [0.2, 0.25) is 0 Å². The largest absolute Gasteiger partial charge is 2.00 e. The molecule has 0 saturated carbocycles. The van der Waals surface area contributed by atoms with Crippen molar-refractivity contribution in [3.05, 3.63) is 41.8 Å². The summed E-state index contributed by atoms with van der Waals surface area (Å²) in [6, 6.07) is 10.6. The maximum atomic E-state index is 2.21. The number of rotatable bonds is 3. The van der Waals surface area contributed by atoms with Crippen LogP contribution in [0.3, 0.4) is 0 Å². The molecule has 62 valence electrons. The maximum absolute atomic E-state index is 2.21. The van der Waals surface area contributed by atoms with Gasteiger partial charge in [-0.05, 0) is 0 Å². The van der Waals surface area contributed by atoms with Crippen LogP contribution in [0.25, 0.3) is 0 Å². The molecule has 0 spiro atoms. The molecule has 0 N–H and O–H groups in total. The average Bonchev–Trinajstić information content (AvgIpc) is 2.09. The molecule has 12 heavy (non-hydrogen) atoms. The van der Waals surface area contributed by atoms with E-state index in [0.29, 0.717) is 0 Å². The standard InChI is InChI=1S/C11H15.Be.H/c1-3-10(4-2)11-8-6-5-7-9-11;;/h5-9H,3-4H2,1-2H3;;/q-1;+2;-1. The van der Waals surface area contributed by atoms with Crippen LogP contribution in [0.2, 0.25) is 0 Å². The van der Waals surface area contributed by atoms with Gasteiger partial charge in [0.15, 0.2) is 0 Å². The molecule has 1 heteroatoms. The van der Waals surface area contributed by atoms with Gasteiger partial charge in [0.1, 0.15) is 0 Å². The molecule has 1 aromatic carbocycles. The molecule has 0 saturated heterocycles. The van der Waals surface area contributed by atoms with Crippen molar-refractivity contribution < 1.29 is 1.43 Å². The van der Waals surface area contributed by atoms with Crippen LogP contribution < -0.4 is 0 Å². The van der Waals surface area contributed by atoms with E-state index in [1.54, 1.807) is 5.92 Å². The molecule has 0 amide bonds. The van der Waals surface area contributed by atoms with E-state index in [2.05, 4.69) is 44.2 Å². The van der Waals surface area contributed by atoms with E-state index < -0.39 is 0 Å². The first-order chi connectivity index (χ1) is 5.38. The smallest absolute Gasteiger partial charge is 1.00 e. The predicted molar refractivity (Wildman–Crippen MR) is 56.2 cm³/mol. The van der Waals surface area contributed by atoms with E-state index >= 15 is 0 Å². The van der Waals surface area contributed by atoms with Gasteiger partial charge in [0.05, 0.1) is 0 Å². The Kier molecular flexibility index (Phi) is 5.49. The van der Waals surface area contributed by atoms with Gasteiger partial charge in [-0.1, -0.05) is 32.8 Å². The van der Waals surface area contributed by atoms with Gasteiger partial charge in [-0.3, -0.25) is 0 Å². The van der Waals surface area contributed by atoms with Crippen LogP contribution in [0.1, 0.15) is 33.7 Å². The van der Waals surface area contributed by atoms with Crippen LogP contribution in [-0.4, -0.2) is 10.1 Å². The van der Waals surface area contributed by atoms with Crippen molar-refractivity contribution >= 4 is 10.1 Å². The van der Waals surface area contributed by atoms with E-state index in [1.807, 2.05) is 0 Å². The first-order valence-electron chi connectivity index (χ1n) is 4.28. The van der Waals surface area contributed by atoms with E-state index in [1.165, 1.54) is 18.4 Å². The summed E-state index contributed by atoms with van der Waals surface area (Å²) in [4.78, 5) is 0. The molecule has 0 radical (unpaired) electrons. The predicted octanol–water partition coefficient (Wildman–Crippen LogP) is 3.16. The van der Waals surface area contributed by atoms with Gasteiger partial charge in [-0.15, -0.1) is 12.1 Å². The van der Waals surface area contributed by atoms with Crippen LogP contribution in [0.4, 0.5) is 0 Å². The van der Waals surface area contributed by atoms with E-state index in [9.17, 15) is 0 Å². The molecule has 0 fully saturated rings. The summed E-state index contributed by atoms with van der Waals surface area (Å²) in [6.07, 6.45) is 2.33. The summed E-state index contributed by atoms with van der Waals surface area (Å²) < 4.78 is 0. The Labute approximate surface area is 80.7 Å². The molecular weight excluding hydrogens is 141 g/mol. The third-order valence-electron chi connectivity index (χ3n) is 2.04. The summed E-state index contributed by atoms with van der Waals surface area (Å²) in [5.41, 5.74) is 1.40. The fourth-order valence-corrected chi connectivity index (χ4v) is 1.33. The van der Waals surface area contributed by atoms with Gasteiger partial charge in [0.25, 0.3) is 0 Å². The van der Waals surface area contributed by atoms with Crippen molar-refractivity contribution in [2.24, 2.45) is 0 Å². The first kappa shape index (κ1) is 11.3. The maximum Gasteiger partial charge on any atom is 2.00 e. The van der Waals surface area contributed by atoms with Crippen LogP contribution >= 0.6 is 0 Å². The van der Waals surface area contributed by atoms with Gasteiger partial charge < -0.3 is 1.43 Å². The van der Waals surface area contributed by atoms with E-state index in [4.69, 9.17) is 0 Å². The third-order valence-corrected chi connectivity index (χ3v) is 2.04. The molecule has 1 rings (SSSR count). The fourth-order valence-electron chi connectivity index (χ4n) is 1.33. The minimum atomic E-state index is 0. The second-order valence-electron chi connectivity index (χ2n) is 2.68. The minimum absolute atomic E-state index is 0.